The number of para-hydroxylation sites is 1. The van der Waals surface area contributed by atoms with Gasteiger partial charge >= 0.3 is 5.69 Å². The fourth-order valence-corrected chi connectivity index (χ4v) is 3.46. The normalized spacial score (nSPS) is 16.9. The molecule has 3 heterocycles. The van der Waals surface area contributed by atoms with Gasteiger partial charge in [0.15, 0.2) is 0 Å². The lowest BCUT2D eigenvalue weighted by molar-refractivity contribution is 0.0967. The highest BCUT2D eigenvalue weighted by atomic mass is 16.5. The van der Waals surface area contributed by atoms with Crippen LogP contribution in [0, 0.1) is 0 Å². The number of rotatable bonds is 4. The topological polar surface area (TPSA) is 86.2 Å². The minimum atomic E-state index is -0.470. The van der Waals surface area contributed by atoms with Gasteiger partial charge in [-0.15, -0.1) is 0 Å². The van der Waals surface area contributed by atoms with Gasteiger partial charge in [-0.2, -0.15) is 0 Å². The van der Waals surface area contributed by atoms with Crippen LogP contribution in [-0.2, 0) is 11.3 Å². The van der Waals surface area contributed by atoms with Crippen LogP contribution >= 0.6 is 0 Å². The fraction of sp³-hybridized carbons (Fsp3) is 0.316. The van der Waals surface area contributed by atoms with Crippen molar-refractivity contribution in [3.8, 4) is 16.9 Å². The Kier molecular flexibility index (Phi) is 4.30. The van der Waals surface area contributed by atoms with Crippen LogP contribution in [0.2, 0.25) is 0 Å². The van der Waals surface area contributed by atoms with E-state index in [2.05, 4.69) is 9.97 Å². The predicted octanol–water partition coefficient (Wildman–Crippen LogP) is 1.94. The van der Waals surface area contributed by atoms with E-state index in [1.807, 2.05) is 24.3 Å². The van der Waals surface area contributed by atoms with Gasteiger partial charge in [0, 0.05) is 23.9 Å². The molecule has 134 valence electrons. The monoisotopic (exact) mass is 353 g/mol. The van der Waals surface area contributed by atoms with Crippen molar-refractivity contribution in [1.29, 1.82) is 0 Å². The number of methoxy groups -OCH3 is 1. The number of H-pyrrole nitrogens is 1. The molecule has 1 atom stereocenters. The van der Waals surface area contributed by atoms with Crippen molar-refractivity contribution in [3.05, 3.63) is 57.4 Å². The van der Waals surface area contributed by atoms with E-state index in [1.165, 1.54) is 4.57 Å². The molecule has 2 aromatic heterocycles. The molecule has 3 aromatic rings. The first-order valence-corrected chi connectivity index (χ1v) is 8.56. The lowest BCUT2D eigenvalue weighted by Crippen LogP contribution is -2.34. The minimum Gasteiger partial charge on any atom is -0.496 e. The molecule has 7 nitrogen and oxygen atoms in total. The largest absolute Gasteiger partial charge is 0.496 e. The van der Waals surface area contributed by atoms with Crippen LogP contribution in [0.3, 0.4) is 0 Å². The summed E-state index contributed by atoms with van der Waals surface area (Å²) in [5.41, 5.74) is 0.882. The Hall–Kier alpha value is -2.93. The molecular weight excluding hydrogens is 334 g/mol. The van der Waals surface area contributed by atoms with Gasteiger partial charge in [-0.1, -0.05) is 18.2 Å². The lowest BCUT2D eigenvalue weighted by Gasteiger charge is -2.15. The number of hydrogen-bond acceptors (Lipinski definition) is 5. The molecular formula is C19H19N3O4. The van der Waals surface area contributed by atoms with Crippen LogP contribution in [0.25, 0.3) is 22.2 Å². The summed E-state index contributed by atoms with van der Waals surface area (Å²) in [7, 11) is 1.58. The summed E-state index contributed by atoms with van der Waals surface area (Å²) in [6.07, 6.45) is 3.42. The van der Waals surface area contributed by atoms with Gasteiger partial charge in [0.25, 0.3) is 5.56 Å². The molecule has 0 spiro atoms. The van der Waals surface area contributed by atoms with Crippen molar-refractivity contribution in [1.82, 2.24) is 14.5 Å². The summed E-state index contributed by atoms with van der Waals surface area (Å²) < 4.78 is 12.6. The average Bonchev–Trinajstić information content (AvgIpc) is 3.17. The lowest BCUT2D eigenvalue weighted by atomic mass is 10.0. The molecule has 1 aliphatic heterocycles. The maximum atomic E-state index is 12.6. The van der Waals surface area contributed by atoms with Crippen LogP contribution in [-0.4, -0.2) is 34.4 Å². The van der Waals surface area contributed by atoms with Gasteiger partial charge in [0.2, 0.25) is 0 Å². The van der Waals surface area contributed by atoms with E-state index in [0.717, 1.165) is 18.4 Å². The molecule has 1 aromatic carbocycles. The van der Waals surface area contributed by atoms with Crippen molar-refractivity contribution in [2.45, 2.75) is 25.5 Å². The van der Waals surface area contributed by atoms with E-state index in [1.54, 1.807) is 19.4 Å². The van der Waals surface area contributed by atoms with Gasteiger partial charge in [-0.25, -0.2) is 9.78 Å². The van der Waals surface area contributed by atoms with Crippen LogP contribution in [0.15, 0.2) is 46.1 Å². The Morgan fingerprint density at radius 2 is 2.12 bits per heavy atom. The Labute approximate surface area is 149 Å². The highest BCUT2D eigenvalue weighted by Crippen LogP contribution is 2.32. The van der Waals surface area contributed by atoms with E-state index in [9.17, 15) is 9.59 Å². The zero-order valence-electron chi connectivity index (χ0n) is 14.4. The van der Waals surface area contributed by atoms with Crippen LogP contribution in [0.1, 0.15) is 12.8 Å². The fourth-order valence-electron chi connectivity index (χ4n) is 3.46. The number of nitrogens with zero attached hydrogens (tertiary/aromatic N) is 2. The number of fused-ring (bicyclic) bond motifs is 1. The van der Waals surface area contributed by atoms with E-state index >= 15 is 0 Å². The van der Waals surface area contributed by atoms with E-state index < -0.39 is 11.2 Å². The number of aromatic amines is 1. The van der Waals surface area contributed by atoms with Crippen molar-refractivity contribution >= 4 is 11.0 Å². The zero-order chi connectivity index (χ0) is 18.1. The smallest absolute Gasteiger partial charge is 0.330 e. The Balaban J connectivity index is 1.96. The summed E-state index contributed by atoms with van der Waals surface area (Å²) in [5, 5.41) is 0.370. The molecule has 0 amide bonds. The van der Waals surface area contributed by atoms with Crippen molar-refractivity contribution in [2.24, 2.45) is 0 Å². The SMILES string of the molecule is COc1ccccc1-c1ccnc2c1c(=O)[nH]c(=O)n2CC1CCCO1. The number of benzene rings is 1. The molecule has 0 saturated carbocycles. The molecule has 0 radical (unpaired) electrons. The first-order chi connectivity index (χ1) is 12.7. The second kappa shape index (κ2) is 6.76. The number of nitrogens with one attached hydrogen (secondary N) is 1. The van der Waals surface area contributed by atoms with Gasteiger partial charge in [0.1, 0.15) is 11.4 Å². The Morgan fingerprint density at radius 1 is 1.27 bits per heavy atom. The summed E-state index contributed by atoms with van der Waals surface area (Å²) in [5.74, 6) is 0.649. The minimum absolute atomic E-state index is 0.0430. The van der Waals surface area contributed by atoms with Crippen molar-refractivity contribution in [2.75, 3.05) is 13.7 Å². The maximum absolute atomic E-state index is 12.6. The quantitative estimate of drug-likeness (QED) is 0.775. The molecule has 1 fully saturated rings. The highest BCUT2D eigenvalue weighted by Gasteiger charge is 2.21. The summed E-state index contributed by atoms with van der Waals surface area (Å²) in [4.78, 5) is 31.8. The first kappa shape index (κ1) is 16.5. The van der Waals surface area contributed by atoms with Gasteiger partial charge in [-0.3, -0.25) is 14.3 Å². The second-order valence-electron chi connectivity index (χ2n) is 6.26. The van der Waals surface area contributed by atoms with Crippen LogP contribution in [0.5, 0.6) is 5.75 Å². The Bertz CT molecular complexity index is 1060. The molecule has 1 saturated heterocycles. The molecule has 7 heteroatoms. The van der Waals surface area contributed by atoms with E-state index in [0.29, 0.717) is 35.5 Å². The molecule has 1 aliphatic rings. The number of ether oxygens (including phenoxy) is 2. The predicted molar refractivity (Wildman–Crippen MR) is 97.6 cm³/mol. The third kappa shape index (κ3) is 2.80. The van der Waals surface area contributed by atoms with Crippen molar-refractivity contribution < 1.29 is 9.47 Å². The van der Waals surface area contributed by atoms with Crippen LogP contribution in [0.4, 0.5) is 0 Å². The Morgan fingerprint density at radius 3 is 2.88 bits per heavy atom. The molecule has 26 heavy (non-hydrogen) atoms. The van der Waals surface area contributed by atoms with E-state index in [4.69, 9.17) is 9.47 Å². The molecule has 1 N–H and O–H groups in total. The number of pyridine rings is 1. The molecule has 1 unspecified atom stereocenters. The second-order valence-corrected chi connectivity index (χ2v) is 6.26. The maximum Gasteiger partial charge on any atom is 0.330 e. The summed E-state index contributed by atoms with van der Waals surface area (Å²) >= 11 is 0. The standard InChI is InChI=1S/C19H19N3O4/c1-25-15-7-3-2-6-13(15)14-8-9-20-17-16(14)18(23)21-19(24)22(17)11-12-5-4-10-26-12/h2-3,6-9,12H,4-5,10-11H2,1H3,(H,21,23,24). The molecule has 4 rings (SSSR count). The highest BCUT2D eigenvalue weighted by molar-refractivity contribution is 5.93. The van der Waals surface area contributed by atoms with Crippen molar-refractivity contribution in [3.63, 3.8) is 0 Å². The zero-order valence-corrected chi connectivity index (χ0v) is 14.4. The van der Waals surface area contributed by atoms with Crippen LogP contribution < -0.4 is 16.0 Å². The third-order valence-corrected chi connectivity index (χ3v) is 4.69. The van der Waals surface area contributed by atoms with Gasteiger partial charge in [-0.05, 0) is 25.0 Å². The molecule has 0 bridgehead atoms. The molecule has 0 aliphatic carbocycles. The number of aromatic nitrogens is 3. The first-order valence-electron chi connectivity index (χ1n) is 8.56. The van der Waals surface area contributed by atoms with E-state index in [-0.39, 0.29) is 6.10 Å². The number of hydrogen-bond donors (Lipinski definition) is 1. The summed E-state index contributed by atoms with van der Waals surface area (Å²) in [6.45, 7) is 1.06. The average molecular weight is 353 g/mol. The van der Waals surface area contributed by atoms with Gasteiger partial charge < -0.3 is 9.47 Å². The third-order valence-electron chi connectivity index (χ3n) is 4.69. The van der Waals surface area contributed by atoms with Gasteiger partial charge in [0.05, 0.1) is 25.1 Å². The summed E-state index contributed by atoms with van der Waals surface area (Å²) in [6, 6.07) is 9.21.